The number of para-hydroxylation sites is 1. The van der Waals surface area contributed by atoms with Crippen LogP contribution < -0.4 is 11.1 Å². The Bertz CT molecular complexity index is 2070. The van der Waals surface area contributed by atoms with Crippen LogP contribution in [0.3, 0.4) is 0 Å². The Morgan fingerprint density at radius 3 is 2.68 bits per heavy atom. The van der Waals surface area contributed by atoms with Gasteiger partial charge < -0.3 is 15.6 Å². The highest BCUT2D eigenvalue weighted by Gasteiger charge is 2.57. The van der Waals surface area contributed by atoms with Gasteiger partial charge in [-0.3, -0.25) is 14.2 Å². The summed E-state index contributed by atoms with van der Waals surface area (Å²) in [5, 5.41) is 5.15. The highest BCUT2D eigenvalue weighted by molar-refractivity contribution is 6.04. The minimum Gasteiger partial charge on any atom is -0.383 e. The lowest BCUT2D eigenvalue weighted by atomic mass is 9.90. The first-order valence-electron chi connectivity index (χ1n) is 13.7. The van der Waals surface area contributed by atoms with Crippen LogP contribution in [0.25, 0.3) is 38.7 Å². The van der Waals surface area contributed by atoms with Crippen LogP contribution in [0.1, 0.15) is 48.3 Å². The molecule has 8 rings (SSSR count). The predicted molar refractivity (Wildman–Crippen MR) is 157 cm³/mol. The number of aromatic nitrogens is 6. The minimum absolute atomic E-state index is 0.120. The maximum Gasteiger partial charge on any atom is 0.270 e. The topological polar surface area (TPSA) is 116 Å². The standard InChI is InChI=1S/C32H26N8O/c1-2-23-26(21-15-20-7-3-4-8-22(20)34-16-21)27-28(33)36-19-37-29(27)40(23)32-12-10-31(18-32,11-13-32)38-30(41)24-17-35-25-9-5-6-14-39(24)25/h1,3-9,14-17,19H,10-13,18H2,(H,38,41)(H2,33,36,37). The van der Waals surface area contributed by atoms with E-state index in [1.165, 1.54) is 6.33 Å². The van der Waals surface area contributed by atoms with Gasteiger partial charge in [0.2, 0.25) is 0 Å². The number of amides is 1. The molecular weight excluding hydrogens is 512 g/mol. The Balaban J connectivity index is 1.23. The number of nitrogens with two attached hydrogens (primary N) is 1. The quantitative estimate of drug-likeness (QED) is 0.315. The van der Waals surface area contributed by atoms with E-state index in [0.29, 0.717) is 11.5 Å². The van der Waals surface area contributed by atoms with Crippen molar-refractivity contribution in [1.29, 1.82) is 0 Å². The highest BCUT2D eigenvalue weighted by Crippen LogP contribution is 2.57. The van der Waals surface area contributed by atoms with Crippen LogP contribution in [0.4, 0.5) is 5.82 Å². The van der Waals surface area contributed by atoms with E-state index < -0.39 is 0 Å². The zero-order valence-electron chi connectivity index (χ0n) is 22.2. The van der Waals surface area contributed by atoms with Crippen molar-refractivity contribution >= 4 is 39.3 Å². The van der Waals surface area contributed by atoms with Crippen molar-refractivity contribution in [3.8, 4) is 23.5 Å². The molecule has 0 aliphatic heterocycles. The fourth-order valence-corrected chi connectivity index (χ4v) is 7.28. The van der Waals surface area contributed by atoms with Gasteiger partial charge in [0.1, 0.15) is 34.8 Å². The van der Waals surface area contributed by atoms with Gasteiger partial charge in [-0.2, -0.15) is 0 Å². The average molecular weight is 539 g/mol. The molecule has 0 unspecified atom stereocenters. The Morgan fingerprint density at radius 2 is 1.83 bits per heavy atom. The Labute approximate surface area is 235 Å². The van der Waals surface area contributed by atoms with E-state index in [2.05, 4.69) is 31.8 Å². The van der Waals surface area contributed by atoms with Crippen molar-refractivity contribution in [2.75, 3.05) is 5.73 Å². The molecule has 0 radical (unpaired) electrons. The van der Waals surface area contributed by atoms with Gasteiger partial charge in [-0.1, -0.05) is 30.2 Å². The first kappa shape index (κ1) is 23.6. The smallest absolute Gasteiger partial charge is 0.270 e. The number of terminal acetylenes is 1. The summed E-state index contributed by atoms with van der Waals surface area (Å²) in [6.07, 6.45) is 17.3. The van der Waals surface area contributed by atoms with Crippen LogP contribution in [0, 0.1) is 12.3 Å². The lowest BCUT2D eigenvalue weighted by molar-refractivity contribution is 0.0895. The number of anilines is 1. The first-order valence-corrected chi connectivity index (χ1v) is 13.7. The van der Waals surface area contributed by atoms with E-state index in [4.69, 9.17) is 22.1 Å². The number of fused-ring (bicyclic) bond motifs is 5. The summed E-state index contributed by atoms with van der Waals surface area (Å²) in [5.74, 6) is 3.25. The number of imidazole rings is 1. The molecule has 5 heterocycles. The van der Waals surface area contributed by atoms with Gasteiger partial charge in [-0.15, -0.1) is 6.42 Å². The van der Waals surface area contributed by atoms with Crippen molar-refractivity contribution in [3.05, 3.63) is 84.8 Å². The number of hydrogen-bond acceptors (Lipinski definition) is 6. The number of benzene rings is 1. The van der Waals surface area contributed by atoms with Gasteiger partial charge in [-0.05, 0) is 56.4 Å². The van der Waals surface area contributed by atoms with Gasteiger partial charge in [0.25, 0.3) is 5.91 Å². The van der Waals surface area contributed by atoms with Gasteiger partial charge in [0.05, 0.1) is 17.1 Å². The second-order valence-electron chi connectivity index (χ2n) is 11.3. The van der Waals surface area contributed by atoms with Crippen LogP contribution in [-0.4, -0.2) is 40.3 Å². The monoisotopic (exact) mass is 538 g/mol. The van der Waals surface area contributed by atoms with E-state index >= 15 is 0 Å². The van der Waals surface area contributed by atoms with Gasteiger partial charge in [0, 0.05) is 40.0 Å². The second kappa shape index (κ2) is 8.38. The number of pyridine rings is 2. The number of rotatable bonds is 4. The predicted octanol–water partition coefficient (Wildman–Crippen LogP) is 4.70. The van der Waals surface area contributed by atoms with E-state index in [1.807, 2.05) is 59.3 Å². The molecule has 2 bridgehead atoms. The van der Waals surface area contributed by atoms with Crippen LogP contribution >= 0.6 is 0 Å². The fourth-order valence-electron chi connectivity index (χ4n) is 7.28. The Hall–Kier alpha value is -5.23. The summed E-state index contributed by atoms with van der Waals surface area (Å²) in [4.78, 5) is 31.7. The summed E-state index contributed by atoms with van der Waals surface area (Å²) < 4.78 is 4.03. The highest BCUT2D eigenvalue weighted by atomic mass is 16.2. The van der Waals surface area contributed by atoms with E-state index in [9.17, 15) is 4.79 Å². The molecule has 9 heteroatoms. The van der Waals surface area contributed by atoms with E-state index in [1.54, 1.807) is 6.20 Å². The third-order valence-electron chi connectivity index (χ3n) is 9.10. The zero-order valence-corrected chi connectivity index (χ0v) is 22.2. The number of nitrogens with one attached hydrogen (secondary N) is 1. The molecule has 200 valence electrons. The maximum atomic E-state index is 13.5. The zero-order chi connectivity index (χ0) is 27.8. The molecule has 9 nitrogen and oxygen atoms in total. The maximum absolute atomic E-state index is 13.5. The normalized spacial score (nSPS) is 21.5. The molecule has 2 aliphatic rings. The molecular formula is C32H26N8O. The summed E-state index contributed by atoms with van der Waals surface area (Å²) >= 11 is 0. The molecule has 5 aromatic heterocycles. The van der Waals surface area contributed by atoms with Crippen molar-refractivity contribution < 1.29 is 4.79 Å². The van der Waals surface area contributed by atoms with Crippen molar-refractivity contribution in [2.24, 2.45) is 0 Å². The average Bonchev–Trinajstić information content (AvgIpc) is 3.76. The molecule has 0 spiro atoms. The summed E-state index contributed by atoms with van der Waals surface area (Å²) in [6, 6.07) is 15.8. The summed E-state index contributed by atoms with van der Waals surface area (Å²) in [7, 11) is 0. The van der Waals surface area contributed by atoms with Crippen molar-refractivity contribution in [3.63, 3.8) is 0 Å². The molecule has 2 saturated carbocycles. The lowest BCUT2D eigenvalue weighted by Gasteiger charge is -2.30. The van der Waals surface area contributed by atoms with E-state index in [-0.39, 0.29) is 17.0 Å². The molecule has 1 amide bonds. The van der Waals surface area contributed by atoms with E-state index in [0.717, 1.165) is 76.5 Å². The van der Waals surface area contributed by atoms with Gasteiger partial charge in [-0.25, -0.2) is 15.0 Å². The summed E-state index contributed by atoms with van der Waals surface area (Å²) in [5.41, 5.74) is 11.2. The fraction of sp³-hybridized carbons (Fsp3) is 0.219. The SMILES string of the molecule is C#Cc1c(-c2cnc3ccccc3c2)c2c(N)ncnc2n1C12CCC(NC(=O)c3cnc4ccccn34)(CC1)C2. The van der Waals surface area contributed by atoms with Gasteiger partial charge in [0.15, 0.2) is 0 Å². The molecule has 6 aromatic rings. The number of nitrogen functional groups attached to an aromatic ring is 1. The van der Waals surface area contributed by atoms with Crippen LogP contribution in [-0.2, 0) is 5.54 Å². The molecule has 41 heavy (non-hydrogen) atoms. The van der Waals surface area contributed by atoms with Crippen molar-refractivity contribution in [1.82, 2.24) is 34.2 Å². The third-order valence-corrected chi connectivity index (χ3v) is 9.10. The molecule has 2 aliphatic carbocycles. The lowest BCUT2D eigenvalue weighted by Crippen LogP contribution is -2.45. The number of nitrogens with zero attached hydrogens (tertiary/aromatic N) is 6. The molecule has 0 saturated heterocycles. The Morgan fingerprint density at radius 1 is 1.00 bits per heavy atom. The molecule has 2 fully saturated rings. The van der Waals surface area contributed by atoms with Crippen LogP contribution in [0.15, 0.2) is 73.4 Å². The molecule has 3 N–H and O–H groups in total. The van der Waals surface area contributed by atoms with Crippen molar-refractivity contribution in [2.45, 2.75) is 43.2 Å². The third kappa shape index (κ3) is 3.34. The second-order valence-corrected chi connectivity index (χ2v) is 11.3. The Kier molecular flexibility index (Phi) is 4.83. The van der Waals surface area contributed by atoms with Crippen LogP contribution in [0.5, 0.6) is 0 Å². The summed E-state index contributed by atoms with van der Waals surface area (Å²) in [6.45, 7) is 0. The number of carbonyl (C=O) groups excluding carboxylic acids is 1. The number of carbonyl (C=O) groups is 1. The van der Waals surface area contributed by atoms with Gasteiger partial charge >= 0.3 is 0 Å². The first-order chi connectivity index (χ1) is 20.0. The minimum atomic E-state index is -0.346. The van der Waals surface area contributed by atoms with Crippen LogP contribution in [0.2, 0.25) is 0 Å². The molecule has 0 atom stereocenters. The number of hydrogen-bond donors (Lipinski definition) is 2. The molecule has 1 aromatic carbocycles. The largest absolute Gasteiger partial charge is 0.383 e.